The van der Waals surface area contributed by atoms with Gasteiger partial charge in [-0.15, -0.1) is 0 Å². The smallest absolute Gasteiger partial charge is 0.188 e. The summed E-state index contributed by atoms with van der Waals surface area (Å²) in [6, 6.07) is 0. The van der Waals surface area contributed by atoms with Crippen LogP contribution in [0, 0.1) is 5.92 Å². The van der Waals surface area contributed by atoms with E-state index >= 15 is 0 Å². The number of aliphatic imine (C=N–C) groups is 1. The summed E-state index contributed by atoms with van der Waals surface area (Å²) < 4.78 is 0. The van der Waals surface area contributed by atoms with E-state index in [0.29, 0.717) is 5.96 Å². The first-order chi connectivity index (χ1) is 5.16. The molecule has 0 saturated heterocycles. The molecule has 3 heteroatoms. The highest BCUT2D eigenvalue weighted by molar-refractivity contribution is 5.77. The minimum atomic E-state index is 0.536. The van der Waals surface area contributed by atoms with Gasteiger partial charge in [-0.25, -0.2) is 0 Å². The summed E-state index contributed by atoms with van der Waals surface area (Å²) >= 11 is 0. The van der Waals surface area contributed by atoms with Crippen LogP contribution in [0.5, 0.6) is 0 Å². The second-order valence-electron chi connectivity index (χ2n) is 3.07. The van der Waals surface area contributed by atoms with Crippen LogP contribution in [-0.2, 0) is 0 Å². The van der Waals surface area contributed by atoms with Crippen molar-refractivity contribution in [2.24, 2.45) is 16.6 Å². The van der Waals surface area contributed by atoms with Crippen LogP contribution >= 0.6 is 0 Å². The molecule has 0 aliphatic carbocycles. The maximum Gasteiger partial charge on any atom is 0.188 e. The molecule has 0 fully saturated rings. The van der Waals surface area contributed by atoms with Gasteiger partial charge < -0.3 is 11.1 Å². The van der Waals surface area contributed by atoms with E-state index in [1.807, 2.05) is 0 Å². The second-order valence-corrected chi connectivity index (χ2v) is 3.07. The summed E-state index contributed by atoms with van der Waals surface area (Å²) in [6.45, 7) is 5.37. The van der Waals surface area contributed by atoms with Gasteiger partial charge in [-0.1, -0.05) is 13.8 Å². The van der Waals surface area contributed by atoms with Gasteiger partial charge in [0.1, 0.15) is 0 Å². The summed E-state index contributed by atoms with van der Waals surface area (Å²) in [4.78, 5) is 3.79. The Morgan fingerprint density at radius 3 is 2.64 bits per heavy atom. The average Bonchev–Trinajstić information content (AvgIpc) is 1.97. The Morgan fingerprint density at radius 2 is 2.18 bits per heavy atom. The summed E-state index contributed by atoms with van der Waals surface area (Å²) in [5.74, 6) is 1.31. The van der Waals surface area contributed by atoms with Gasteiger partial charge in [-0.3, -0.25) is 4.99 Å². The summed E-state index contributed by atoms with van der Waals surface area (Å²) in [7, 11) is 1.69. The summed E-state index contributed by atoms with van der Waals surface area (Å²) in [6.07, 6.45) is 2.40. The highest BCUT2D eigenvalue weighted by Gasteiger charge is 1.93. The lowest BCUT2D eigenvalue weighted by Crippen LogP contribution is -2.32. The molecule has 0 aromatic rings. The predicted molar refractivity (Wildman–Crippen MR) is 49.6 cm³/mol. The molecule has 0 radical (unpaired) electrons. The van der Waals surface area contributed by atoms with Crippen LogP contribution in [0.2, 0.25) is 0 Å². The molecule has 0 spiro atoms. The molecule has 0 rings (SSSR count). The quantitative estimate of drug-likeness (QED) is 0.363. The Balaban J connectivity index is 3.15. The van der Waals surface area contributed by atoms with E-state index < -0.39 is 0 Å². The largest absolute Gasteiger partial charge is 0.370 e. The van der Waals surface area contributed by atoms with E-state index in [-0.39, 0.29) is 0 Å². The maximum atomic E-state index is 5.43. The van der Waals surface area contributed by atoms with Crippen molar-refractivity contribution in [3.63, 3.8) is 0 Å². The summed E-state index contributed by atoms with van der Waals surface area (Å²) in [5, 5.41) is 3.02. The molecule has 11 heavy (non-hydrogen) atoms. The molecule has 3 N–H and O–H groups in total. The van der Waals surface area contributed by atoms with E-state index in [2.05, 4.69) is 24.2 Å². The third-order valence-corrected chi connectivity index (χ3v) is 1.51. The Bertz CT molecular complexity index is 119. The van der Waals surface area contributed by atoms with E-state index in [0.717, 1.165) is 18.9 Å². The number of guanidine groups is 1. The number of hydrogen-bond donors (Lipinski definition) is 2. The minimum absolute atomic E-state index is 0.536. The highest BCUT2D eigenvalue weighted by atomic mass is 15.1. The zero-order valence-electron chi connectivity index (χ0n) is 7.72. The number of rotatable bonds is 4. The van der Waals surface area contributed by atoms with Crippen molar-refractivity contribution in [2.75, 3.05) is 13.6 Å². The van der Waals surface area contributed by atoms with Crippen LogP contribution in [0.15, 0.2) is 4.99 Å². The van der Waals surface area contributed by atoms with Gasteiger partial charge in [0, 0.05) is 13.6 Å². The molecule has 66 valence electrons. The van der Waals surface area contributed by atoms with Crippen molar-refractivity contribution < 1.29 is 0 Å². The Morgan fingerprint density at radius 1 is 1.55 bits per heavy atom. The standard InChI is InChI=1S/C8H19N3/c1-7(2)5-4-6-11-8(9)10-3/h7H,4-6H2,1-3H3,(H3,9,10,11). The van der Waals surface area contributed by atoms with E-state index in [9.17, 15) is 0 Å². The molecule has 0 unspecified atom stereocenters. The van der Waals surface area contributed by atoms with Crippen molar-refractivity contribution in [3.8, 4) is 0 Å². The van der Waals surface area contributed by atoms with Crippen molar-refractivity contribution in [1.82, 2.24) is 5.32 Å². The molecule has 0 aliphatic heterocycles. The molecule has 0 aliphatic rings. The van der Waals surface area contributed by atoms with Crippen molar-refractivity contribution in [3.05, 3.63) is 0 Å². The van der Waals surface area contributed by atoms with Crippen LogP contribution < -0.4 is 11.1 Å². The Hall–Kier alpha value is -0.730. The van der Waals surface area contributed by atoms with Gasteiger partial charge in [0.2, 0.25) is 0 Å². The highest BCUT2D eigenvalue weighted by Crippen LogP contribution is 2.01. The normalized spacial score (nSPS) is 12.2. The average molecular weight is 157 g/mol. The van der Waals surface area contributed by atoms with Crippen molar-refractivity contribution in [1.29, 1.82) is 0 Å². The molecule has 0 bridgehead atoms. The van der Waals surface area contributed by atoms with Crippen molar-refractivity contribution >= 4 is 5.96 Å². The number of nitrogens with two attached hydrogens (primary N) is 1. The number of nitrogens with zero attached hydrogens (tertiary/aromatic N) is 1. The lowest BCUT2D eigenvalue weighted by atomic mass is 10.1. The maximum absolute atomic E-state index is 5.43. The lowest BCUT2D eigenvalue weighted by molar-refractivity contribution is 0.551. The first-order valence-electron chi connectivity index (χ1n) is 4.13. The fraction of sp³-hybridized carbons (Fsp3) is 0.875. The summed E-state index contributed by atoms with van der Waals surface area (Å²) in [5.41, 5.74) is 5.43. The SMILES string of the molecule is C/N=C(\N)NCCCC(C)C. The molecule has 0 aromatic carbocycles. The van der Waals surface area contributed by atoms with Gasteiger partial charge in [-0.2, -0.15) is 0 Å². The molecule has 3 nitrogen and oxygen atoms in total. The van der Waals surface area contributed by atoms with Crippen LogP contribution in [0.25, 0.3) is 0 Å². The molecule has 0 aromatic heterocycles. The first-order valence-corrected chi connectivity index (χ1v) is 4.13. The zero-order valence-corrected chi connectivity index (χ0v) is 7.72. The molecule has 0 heterocycles. The second kappa shape index (κ2) is 6.01. The number of nitrogens with one attached hydrogen (secondary N) is 1. The third-order valence-electron chi connectivity index (χ3n) is 1.51. The van der Waals surface area contributed by atoms with E-state index in [1.54, 1.807) is 7.05 Å². The zero-order chi connectivity index (χ0) is 8.69. The van der Waals surface area contributed by atoms with Crippen molar-refractivity contribution in [2.45, 2.75) is 26.7 Å². The molecule has 0 saturated carbocycles. The number of hydrogen-bond acceptors (Lipinski definition) is 1. The molecule has 0 atom stereocenters. The monoisotopic (exact) mass is 157 g/mol. The topological polar surface area (TPSA) is 50.4 Å². The predicted octanol–water partition coefficient (Wildman–Crippen LogP) is 0.957. The van der Waals surface area contributed by atoms with E-state index in [1.165, 1.54) is 6.42 Å². The van der Waals surface area contributed by atoms with Crippen LogP contribution in [0.3, 0.4) is 0 Å². The fourth-order valence-corrected chi connectivity index (χ4v) is 0.806. The molecular weight excluding hydrogens is 138 g/mol. The molecular formula is C8H19N3. The molecule has 0 amide bonds. The Labute approximate surface area is 69.1 Å². The lowest BCUT2D eigenvalue weighted by Gasteiger charge is -2.05. The van der Waals surface area contributed by atoms with Gasteiger partial charge in [0.05, 0.1) is 0 Å². The third kappa shape index (κ3) is 7.16. The first kappa shape index (κ1) is 10.3. The van der Waals surface area contributed by atoms with Crippen LogP contribution in [0.4, 0.5) is 0 Å². The van der Waals surface area contributed by atoms with Gasteiger partial charge in [-0.05, 0) is 18.8 Å². The van der Waals surface area contributed by atoms with Crippen LogP contribution in [-0.4, -0.2) is 19.6 Å². The van der Waals surface area contributed by atoms with Gasteiger partial charge in [0.15, 0.2) is 5.96 Å². The van der Waals surface area contributed by atoms with Gasteiger partial charge >= 0.3 is 0 Å². The minimum Gasteiger partial charge on any atom is -0.370 e. The Kier molecular flexibility index (Phi) is 5.61. The van der Waals surface area contributed by atoms with E-state index in [4.69, 9.17) is 5.73 Å². The van der Waals surface area contributed by atoms with Gasteiger partial charge in [0.25, 0.3) is 0 Å². The fourth-order valence-electron chi connectivity index (χ4n) is 0.806. The van der Waals surface area contributed by atoms with Crippen LogP contribution in [0.1, 0.15) is 26.7 Å².